The summed E-state index contributed by atoms with van der Waals surface area (Å²) in [5.74, 6) is 0.0690. The summed E-state index contributed by atoms with van der Waals surface area (Å²) >= 11 is 0. The average Bonchev–Trinajstić information content (AvgIpc) is 2.25. The lowest BCUT2D eigenvalue weighted by atomic mass is 10.0. The highest BCUT2D eigenvalue weighted by molar-refractivity contribution is 5.87. The van der Waals surface area contributed by atoms with Crippen LogP contribution in [-0.2, 0) is 9.53 Å². The smallest absolute Gasteiger partial charge is 0.246 e. The van der Waals surface area contributed by atoms with Gasteiger partial charge in [0.1, 0.15) is 0 Å². The SMILES string of the molecule is C=CC(=O)N1CCC1CN1CCOCC1. The van der Waals surface area contributed by atoms with Crippen molar-refractivity contribution in [3.8, 4) is 0 Å². The zero-order valence-electron chi connectivity index (χ0n) is 9.02. The van der Waals surface area contributed by atoms with Gasteiger partial charge in [-0.2, -0.15) is 0 Å². The van der Waals surface area contributed by atoms with E-state index in [9.17, 15) is 4.79 Å². The lowest BCUT2D eigenvalue weighted by molar-refractivity contribution is -0.134. The number of carbonyl (C=O) groups is 1. The van der Waals surface area contributed by atoms with Gasteiger partial charge in [-0.3, -0.25) is 9.69 Å². The number of amides is 1. The molecule has 2 aliphatic rings. The first-order valence-electron chi connectivity index (χ1n) is 5.54. The molecule has 1 unspecified atom stereocenters. The molecule has 2 fully saturated rings. The molecule has 0 aromatic heterocycles. The van der Waals surface area contributed by atoms with E-state index in [1.807, 2.05) is 4.90 Å². The summed E-state index contributed by atoms with van der Waals surface area (Å²) in [6.45, 7) is 9.03. The van der Waals surface area contributed by atoms with Gasteiger partial charge >= 0.3 is 0 Å². The summed E-state index contributed by atoms with van der Waals surface area (Å²) in [6.07, 6.45) is 2.53. The van der Waals surface area contributed by atoms with Crippen molar-refractivity contribution in [1.29, 1.82) is 0 Å². The Bertz CT molecular complexity index is 249. The summed E-state index contributed by atoms with van der Waals surface area (Å²) in [5, 5.41) is 0. The van der Waals surface area contributed by atoms with Gasteiger partial charge in [0.15, 0.2) is 0 Å². The Balaban J connectivity index is 1.79. The fraction of sp³-hybridized carbons (Fsp3) is 0.727. The maximum atomic E-state index is 11.4. The molecule has 0 N–H and O–H groups in total. The summed E-state index contributed by atoms with van der Waals surface area (Å²) in [6, 6.07) is 0.397. The molecule has 2 aliphatic heterocycles. The number of morpholine rings is 1. The first kappa shape index (κ1) is 10.6. The zero-order valence-corrected chi connectivity index (χ0v) is 9.02. The van der Waals surface area contributed by atoms with Crippen molar-refractivity contribution < 1.29 is 9.53 Å². The first-order chi connectivity index (χ1) is 7.31. The van der Waals surface area contributed by atoms with Gasteiger partial charge in [0.05, 0.1) is 13.2 Å². The molecule has 0 saturated carbocycles. The van der Waals surface area contributed by atoms with Crippen molar-refractivity contribution in [2.45, 2.75) is 12.5 Å². The van der Waals surface area contributed by atoms with Gasteiger partial charge in [0, 0.05) is 32.2 Å². The molecule has 2 rings (SSSR count). The number of nitrogens with zero attached hydrogens (tertiary/aromatic N) is 2. The Hall–Kier alpha value is -0.870. The summed E-state index contributed by atoms with van der Waals surface area (Å²) < 4.78 is 5.29. The number of likely N-dealkylation sites (tertiary alicyclic amines) is 1. The Kier molecular flexibility index (Phi) is 3.38. The molecule has 0 aromatic carbocycles. The maximum Gasteiger partial charge on any atom is 0.246 e. The van der Waals surface area contributed by atoms with Crippen LogP contribution in [0.15, 0.2) is 12.7 Å². The van der Waals surface area contributed by atoms with Crippen molar-refractivity contribution in [3.05, 3.63) is 12.7 Å². The predicted molar refractivity (Wildman–Crippen MR) is 57.6 cm³/mol. The van der Waals surface area contributed by atoms with Crippen LogP contribution in [0.1, 0.15) is 6.42 Å². The molecule has 2 heterocycles. The topological polar surface area (TPSA) is 32.8 Å². The summed E-state index contributed by atoms with van der Waals surface area (Å²) in [4.78, 5) is 15.7. The standard InChI is InChI=1S/C11H18N2O2/c1-2-11(14)13-4-3-10(13)9-12-5-7-15-8-6-12/h2,10H,1,3-9H2. The Morgan fingerprint density at radius 3 is 2.67 bits per heavy atom. The minimum Gasteiger partial charge on any atom is -0.379 e. The normalized spacial score (nSPS) is 27.2. The molecule has 84 valence electrons. The third-order valence-electron chi connectivity index (χ3n) is 3.17. The molecule has 15 heavy (non-hydrogen) atoms. The molecular weight excluding hydrogens is 192 g/mol. The van der Waals surface area contributed by atoms with Gasteiger partial charge in [-0.05, 0) is 12.5 Å². The van der Waals surface area contributed by atoms with Crippen LogP contribution in [0.3, 0.4) is 0 Å². The second-order valence-electron chi connectivity index (χ2n) is 4.09. The molecule has 1 amide bonds. The van der Waals surface area contributed by atoms with Gasteiger partial charge in [-0.15, -0.1) is 0 Å². The van der Waals surface area contributed by atoms with Crippen LogP contribution in [0.4, 0.5) is 0 Å². The quantitative estimate of drug-likeness (QED) is 0.620. The second kappa shape index (κ2) is 4.77. The number of hydrogen-bond acceptors (Lipinski definition) is 3. The molecule has 0 spiro atoms. The third-order valence-corrected chi connectivity index (χ3v) is 3.17. The largest absolute Gasteiger partial charge is 0.379 e. The molecular formula is C11H18N2O2. The summed E-state index contributed by atoms with van der Waals surface area (Å²) in [7, 11) is 0. The monoisotopic (exact) mass is 210 g/mol. The number of rotatable bonds is 3. The third kappa shape index (κ3) is 2.38. The molecule has 0 bridgehead atoms. The van der Waals surface area contributed by atoms with Crippen LogP contribution in [-0.4, -0.2) is 61.1 Å². The van der Waals surface area contributed by atoms with Gasteiger partial charge in [0.25, 0.3) is 0 Å². The number of carbonyl (C=O) groups excluding carboxylic acids is 1. The van der Waals surface area contributed by atoms with E-state index in [0.717, 1.165) is 45.8 Å². The van der Waals surface area contributed by atoms with Crippen molar-refractivity contribution in [2.24, 2.45) is 0 Å². The number of hydrogen-bond donors (Lipinski definition) is 0. The molecule has 0 aliphatic carbocycles. The van der Waals surface area contributed by atoms with Crippen molar-refractivity contribution >= 4 is 5.91 Å². The average molecular weight is 210 g/mol. The molecule has 1 atom stereocenters. The van der Waals surface area contributed by atoms with Crippen LogP contribution in [0.5, 0.6) is 0 Å². The van der Waals surface area contributed by atoms with E-state index in [2.05, 4.69) is 11.5 Å². The molecule has 4 heteroatoms. The minimum atomic E-state index is 0.0690. The Labute approximate surface area is 90.5 Å². The van der Waals surface area contributed by atoms with Crippen LogP contribution >= 0.6 is 0 Å². The fourth-order valence-electron chi connectivity index (χ4n) is 2.12. The first-order valence-corrected chi connectivity index (χ1v) is 5.54. The predicted octanol–water partition coefficient (Wildman–Crippen LogP) is 0.106. The lowest BCUT2D eigenvalue weighted by Crippen LogP contribution is -2.56. The Morgan fingerprint density at radius 1 is 1.40 bits per heavy atom. The molecule has 2 saturated heterocycles. The highest BCUT2D eigenvalue weighted by Crippen LogP contribution is 2.19. The Morgan fingerprint density at radius 2 is 2.13 bits per heavy atom. The van der Waals surface area contributed by atoms with Crippen LogP contribution in [0.25, 0.3) is 0 Å². The van der Waals surface area contributed by atoms with Crippen LogP contribution in [0, 0.1) is 0 Å². The fourth-order valence-corrected chi connectivity index (χ4v) is 2.12. The van der Waals surface area contributed by atoms with Crippen molar-refractivity contribution in [1.82, 2.24) is 9.80 Å². The molecule has 4 nitrogen and oxygen atoms in total. The maximum absolute atomic E-state index is 11.4. The van der Waals surface area contributed by atoms with Crippen molar-refractivity contribution in [2.75, 3.05) is 39.4 Å². The van der Waals surface area contributed by atoms with Crippen LogP contribution in [0.2, 0.25) is 0 Å². The van der Waals surface area contributed by atoms with Gasteiger partial charge < -0.3 is 9.64 Å². The molecule has 0 aromatic rings. The molecule has 0 radical (unpaired) electrons. The summed E-state index contributed by atoms with van der Waals surface area (Å²) in [5.41, 5.74) is 0. The lowest BCUT2D eigenvalue weighted by Gasteiger charge is -2.43. The van der Waals surface area contributed by atoms with E-state index < -0.39 is 0 Å². The number of ether oxygens (including phenoxy) is 1. The zero-order chi connectivity index (χ0) is 10.7. The van der Waals surface area contributed by atoms with E-state index in [-0.39, 0.29) is 5.91 Å². The highest BCUT2D eigenvalue weighted by Gasteiger charge is 2.32. The highest BCUT2D eigenvalue weighted by atomic mass is 16.5. The van der Waals surface area contributed by atoms with E-state index in [1.165, 1.54) is 6.08 Å². The minimum absolute atomic E-state index is 0.0690. The van der Waals surface area contributed by atoms with Crippen LogP contribution < -0.4 is 0 Å². The second-order valence-corrected chi connectivity index (χ2v) is 4.09. The van der Waals surface area contributed by atoms with Gasteiger partial charge in [-0.1, -0.05) is 6.58 Å². The van der Waals surface area contributed by atoms with Crippen molar-refractivity contribution in [3.63, 3.8) is 0 Å². The van der Waals surface area contributed by atoms with E-state index in [4.69, 9.17) is 4.74 Å². The van der Waals surface area contributed by atoms with E-state index in [1.54, 1.807) is 0 Å². The van der Waals surface area contributed by atoms with E-state index in [0.29, 0.717) is 6.04 Å². The van der Waals surface area contributed by atoms with Gasteiger partial charge in [-0.25, -0.2) is 0 Å². The van der Waals surface area contributed by atoms with E-state index >= 15 is 0 Å². The van der Waals surface area contributed by atoms with Gasteiger partial charge in [0.2, 0.25) is 5.91 Å².